The summed E-state index contributed by atoms with van der Waals surface area (Å²) in [4.78, 5) is 10.4. The number of benzene rings is 1. The van der Waals surface area contributed by atoms with Gasteiger partial charge in [0.1, 0.15) is 0 Å². The second-order valence-corrected chi connectivity index (χ2v) is 6.42. The van der Waals surface area contributed by atoms with E-state index in [-0.39, 0.29) is 10.9 Å². The number of nitrogens with zero attached hydrogens (tertiary/aromatic N) is 2. The number of rotatable bonds is 1. The third-order valence-corrected chi connectivity index (χ3v) is 5.14. The Morgan fingerprint density at radius 3 is 2.53 bits per heavy atom. The van der Waals surface area contributed by atoms with Crippen molar-refractivity contribution < 1.29 is 0 Å². The first-order chi connectivity index (χ1) is 9.42. The molecule has 0 saturated heterocycles. The molecule has 0 atom stereocenters. The Morgan fingerprint density at radius 1 is 0.842 bits per heavy atom. The maximum absolute atomic E-state index is 4.64. The van der Waals surface area contributed by atoms with Crippen molar-refractivity contribution in [2.45, 2.75) is 4.90 Å². The molecule has 1 aromatic carbocycles. The Kier molecular flexibility index (Phi) is 2.38. The Morgan fingerprint density at radius 2 is 1.63 bits per heavy atom. The van der Waals surface area contributed by atoms with Gasteiger partial charge in [-0.1, -0.05) is 30.4 Å². The molecule has 2 nitrogen and oxygen atoms in total. The van der Waals surface area contributed by atoms with E-state index >= 15 is 0 Å². The number of thiol groups is 1. The maximum Gasteiger partial charge on any atom is 0.0965 e. The average Bonchev–Trinajstić information content (AvgIpc) is 3.01. The number of hydrogen-bond acceptors (Lipinski definition) is 2. The molecule has 2 aromatic heterocycles. The van der Waals surface area contributed by atoms with Gasteiger partial charge in [0.2, 0.25) is 0 Å². The van der Waals surface area contributed by atoms with Crippen LogP contribution in [-0.4, -0.2) is 9.97 Å². The van der Waals surface area contributed by atoms with Crippen LogP contribution in [0, 0.1) is 0 Å². The van der Waals surface area contributed by atoms with Gasteiger partial charge >= 0.3 is 0 Å². The minimum absolute atomic E-state index is 0.301. The van der Waals surface area contributed by atoms with Crippen LogP contribution in [0.15, 0.2) is 70.6 Å². The molecule has 0 spiro atoms. The summed E-state index contributed by atoms with van der Waals surface area (Å²) in [5.74, 6) is 0. The Bertz CT molecular complexity index is 824. The molecule has 1 aliphatic rings. The molecule has 0 N–H and O–H groups in total. The molecule has 1 aliphatic heterocycles. The summed E-state index contributed by atoms with van der Waals surface area (Å²) >= 11 is 0. The predicted molar refractivity (Wildman–Crippen MR) is 82.6 cm³/mol. The van der Waals surface area contributed by atoms with E-state index in [1.807, 2.05) is 18.5 Å². The first kappa shape index (κ1) is 10.8. The Balaban J connectivity index is 1.97. The first-order valence-electron chi connectivity index (χ1n) is 6.19. The standard InChI is InChI=1S/C16H12N2S/c1-2-9-19(8-1)14-10-13-6-5-12-4-3-7-17-15(12)16(13)18-11-14/h1-11,19H. The molecule has 0 radical (unpaired) electrons. The summed E-state index contributed by atoms with van der Waals surface area (Å²) in [6.45, 7) is 0. The van der Waals surface area contributed by atoms with E-state index in [4.69, 9.17) is 0 Å². The largest absolute Gasteiger partial charge is 0.254 e. The molecule has 0 aliphatic carbocycles. The van der Waals surface area contributed by atoms with Crippen LogP contribution in [0.3, 0.4) is 0 Å². The van der Waals surface area contributed by atoms with Crippen molar-refractivity contribution in [2.24, 2.45) is 0 Å². The second kappa shape index (κ2) is 4.21. The SMILES string of the molecule is C1=C[SH](c2cnc3c(ccc4cccnc43)c2)C=C1. The van der Waals surface area contributed by atoms with Crippen LogP contribution in [0.5, 0.6) is 0 Å². The van der Waals surface area contributed by atoms with Crippen LogP contribution in [0.1, 0.15) is 0 Å². The van der Waals surface area contributed by atoms with Gasteiger partial charge in [-0.25, -0.2) is 0 Å². The lowest BCUT2D eigenvalue weighted by molar-refractivity contribution is 1.30. The van der Waals surface area contributed by atoms with Gasteiger partial charge in [-0.2, -0.15) is 10.9 Å². The van der Waals surface area contributed by atoms with Crippen LogP contribution in [0.25, 0.3) is 21.8 Å². The van der Waals surface area contributed by atoms with Gasteiger partial charge in [0.15, 0.2) is 0 Å². The Hall–Kier alpha value is -2.13. The monoisotopic (exact) mass is 264 g/mol. The summed E-state index contributed by atoms with van der Waals surface area (Å²) in [6, 6.07) is 10.5. The van der Waals surface area contributed by atoms with Crippen LogP contribution >= 0.6 is 10.9 Å². The zero-order chi connectivity index (χ0) is 12.7. The fraction of sp³-hybridized carbons (Fsp3) is 0. The highest BCUT2D eigenvalue weighted by Crippen LogP contribution is 2.42. The average molecular weight is 264 g/mol. The molecule has 0 bridgehead atoms. The van der Waals surface area contributed by atoms with Crippen molar-refractivity contribution in [3.05, 3.63) is 65.7 Å². The molecule has 19 heavy (non-hydrogen) atoms. The predicted octanol–water partition coefficient (Wildman–Crippen LogP) is 4.18. The molecule has 92 valence electrons. The molecule has 4 rings (SSSR count). The Labute approximate surface area is 113 Å². The number of aromatic nitrogens is 2. The number of allylic oxidation sites excluding steroid dienone is 2. The lowest BCUT2D eigenvalue weighted by Gasteiger charge is -2.11. The minimum atomic E-state index is -0.301. The molecule has 0 amide bonds. The molecule has 3 aromatic rings. The highest BCUT2D eigenvalue weighted by Gasteiger charge is 2.07. The zero-order valence-electron chi connectivity index (χ0n) is 10.2. The van der Waals surface area contributed by atoms with Gasteiger partial charge < -0.3 is 0 Å². The summed E-state index contributed by atoms with van der Waals surface area (Å²) in [5, 5.41) is 6.80. The molecule has 3 heteroatoms. The zero-order valence-corrected chi connectivity index (χ0v) is 11.1. The summed E-state index contributed by atoms with van der Waals surface area (Å²) in [5.41, 5.74) is 1.97. The lowest BCUT2D eigenvalue weighted by atomic mass is 10.1. The van der Waals surface area contributed by atoms with E-state index in [2.05, 4.69) is 57.2 Å². The van der Waals surface area contributed by atoms with Crippen LogP contribution in [-0.2, 0) is 0 Å². The summed E-state index contributed by atoms with van der Waals surface area (Å²) < 4.78 is 0. The lowest BCUT2D eigenvalue weighted by Crippen LogP contribution is -1.86. The quantitative estimate of drug-likeness (QED) is 0.527. The molecule has 0 unspecified atom stereocenters. The van der Waals surface area contributed by atoms with Crippen molar-refractivity contribution in [2.75, 3.05) is 0 Å². The second-order valence-electron chi connectivity index (χ2n) is 4.50. The first-order valence-corrected chi connectivity index (χ1v) is 7.67. The molecule has 0 saturated carbocycles. The van der Waals surface area contributed by atoms with Crippen molar-refractivity contribution >= 4 is 32.7 Å². The number of pyridine rings is 2. The van der Waals surface area contributed by atoms with Crippen molar-refractivity contribution in [3.8, 4) is 0 Å². The van der Waals surface area contributed by atoms with E-state index in [9.17, 15) is 0 Å². The highest BCUT2D eigenvalue weighted by atomic mass is 32.2. The summed E-state index contributed by atoms with van der Waals surface area (Å²) in [6.07, 6.45) is 8.03. The normalized spacial score (nSPS) is 15.7. The highest BCUT2D eigenvalue weighted by molar-refractivity contribution is 8.22. The molecular formula is C16H12N2S. The van der Waals surface area contributed by atoms with E-state index in [0.29, 0.717) is 0 Å². The third kappa shape index (κ3) is 1.74. The van der Waals surface area contributed by atoms with E-state index in [0.717, 1.165) is 16.4 Å². The number of hydrogen-bond donors (Lipinski definition) is 1. The molecule has 0 fully saturated rings. The summed E-state index contributed by atoms with van der Waals surface area (Å²) in [7, 11) is -0.301. The smallest absolute Gasteiger partial charge is 0.0965 e. The molecular weight excluding hydrogens is 252 g/mol. The van der Waals surface area contributed by atoms with E-state index in [1.54, 1.807) is 0 Å². The van der Waals surface area contributed by atoms with E-state index in [1.165, 1.54) is 10.3 Å². The van der Waals surface area contributed by atoms with Crippen molar-refractivity contribution in [1.29, 1.82) is 0 Å². The van der Waals surface area contributed by atoms with Crippen LogP contribution < -0.4 is 0 Å². The van der Waals surface area contributed by atoms with Gasteiger partial charge in [0, 0.05) is 28.1 Å². The maximum atomic E-state index is 4.64. The fourth-order valence-corrected chi connectivity index (χ4v) is 3.87. The minimum Gasteiger partial charge on any atom is -0.254 e. The van der Waals surface area contributed by atoms with Crippen molar-refractivity contribution in [3.63, 3.8) is 0 Å². The third-order valence-electron chi connectivity index (χ3n) is 3.31. The van der Waals surface area contributed by atoms with Gasteiger partial charge in [0.05, 0.1) is 11.0 Å². The number of fused-ring (bicyclic) bond motifs is 3. The molecule has 3 heterocycles. The van der Waals surface area contributed by atoms with Gasteiger partial charge in [-0.3, -0.25) is 9.97 Å². The van der Waals surface area contributed by atoms with Gasteiger partial charge in [-0.05, 0) is 22.9 Å². The van der Waals surface area contributed by atoms with Gasteiger partial charge in [0.25, 0.3) is 0 Å². The van der Waals surface area contributed by atoms with Gasteiger partial charge in [-0.15, -0.1) is 0 Å². The fourth-order valence-electron chi connectivity index (χ4n) is 2.37. The van der Waals surface area contributed by atoms with Crippen LogP contribution in [0.4, 0.5) is 0 Å². The van der Waals surface area contributed by atoms with E-state index < -0.39 is 0 Å². The van der Waals surface area contributed by atoms with Crippen LogP contribution in [0.2, 0.25) is 0 Å². The van der Waals surface area contributed by atoms with Crippen molar-refractivity contribution in [1.82, 2.24) is 9.97 Å². The topological polar surface area (TPSA) is 25.8 Å².